The van der Waals surface area contributed by atoms with Crippen molar-refractivity contribution in [3.8, 4) is 0 Å². The van der Waals surface area contributed by atoms with Gasteiger partial charge in [-0.25, -0.2) is 12.8 Å². The molecule has 0 aliphatic heterocycles. The van der Waals surface area contributed by atoms with Gasteiger partial charge in [0, 0.05) is 6.54 Å². The van der Waals surface area contributed by atoms with Gasteiger partial charge in [-0.1, -0.05) is 12.1 Å². The van der Waals surface area contributed by atoms with Crippen molar-refractivity contribution in [1.29, 1.82) is 0 Å². The van der Waals surface area contributed by atoms with Crippen molar-refractivity contribution in [3.63, 3.8) is 0 Å². The van der Waals surface area contributed by atoms with E-state index in [1.807, 2.05) is 0 Å². The van der Waals surface area contributed by atoms with Crippen LogP contribution in [-0.2, 0) is 27.5 Å². The van der Waals surface area contributed by atoms with Crippen LogP contribution in [0.5, 0.6) is 0 Å². The number of hydrogen-bond donors (Lipinski definition) is 1. The standard InChI is InChI=1S/C17H16F4N2O3S/c1-27(25,26)23(15-8-4-13(5-9-15)17(19,20)21)11-16(24)22-10-12-2-6-14(18)7-3-12/h2-9H,10-11H2,1H3,(H,22,24). The van der Waals surface area contributed by atoms with Crippen molar-refractivity contribution < 1.29 is 30.8 Å². The van der Waals surface area contributed by atoms with Crippen molar-refractivity contribution >= 4 is 21.6 Å². The third-order valence-corrected chi connectivity index (χ3v) is 4.71. The van der Waals surface area contributed by atoms with Crippen LogP contribution in [0.25, 0.3) is 0 Å². The zero-order chi connectivity index (χ0) is 20.2. The van der Waals surface area contributed by atoms with E-state index in [-0.39, 0.29) is 12.2 Å². The molecule has 0 saturated carbocycles. The van der Waals surface area contributed by atoms with Crippen LogP contribution in [0, 0.1) is 5.82 Å². The zero-order valence-electron chi connectivity index (χ0n) is 14.1. The van der Waals surface area contributed by atoms with E-state index in [1.54, 1.807) is 0 Å². The van der Waals surface area contributed by atoms with Crippen LogP contribution in [0.1, 0.15) is 11.1 Å². The van der Waals surface area contributed by atoms with Crippen LogP contribution in [0.4, 0.5) is 23.2 Å². The number of nitrogens with zero attached hydrogens (tertiary/aromatic N) is 1. The molecule has 0 atom stereocenters. The number of alkyl halides is 3. The van der Waals surface area contributed by atoms with Gasteiger partial charge in [0.1, 0.15) is 12.4 Å². The highest BCUT2D eigenvalue weighted by Gasteiger charge is 2.30. The number of hydrogen-bond acceptors (Lipinski definition) is 3. The molecular weight excluding hydrogens is 388 g/mol. The SMILES string of the molecule is CS(=O)(=O)N(CC(=O)NCc1ccc(F)cc1)c1ccc(C(F)(F)F)cc1. The molecule has 0 aliphatic carbocycles. The number of anilines is 1. The van der Waals surface area contributed by atoms with Crippen molar-refractivity contribution in [3.05, 3.63) is 65.5 Å². The quantitative estimate of drug-likeness (QED) is 0.753. The Kier molecular flexibility index (Phi) is 6.09. The van der Waals surface area contributed by atoms with E-state index in [9.17, 15) is 30.8 Å². The smallest absolute Gasteiger partial charge is 0.350 e. The second-order valence-electron chi connectivity index (χ2n) is 5.72. The molecule has 0 aromatic heterocycles. The molecule has 10 heteroatoms. The highest BCUT2D eigenvalue weighted by Crippen LogP contribution is 2.30. The molecule has 0 radical (unpaired) electrons. The topological polar surface area (TPSA) is 66.5 Å². The predicted molar refractivity (Wildman–Crippen MR) is 91.9 cm³/mol. The molecule has 0 bridgehead atoms. The Morgan fingerprint density at radius 3 is 2.07 bits per heavy atom. The molecule has 146 valence electrons. The van der Waals surface area contributed by atoms with Gasteiger partial charge in [0.05, 0.1) is 17.5 Å². The number of carbonyl (C=O) groups is 1. The van der Waals surface area contributed by atoms with Gasteiger partial charge in [-0.05, 0) is 42.0 Å². The lowest BCUT2D eigenvalue weighted by Gasteiger charge is -2.22. The van der Waals surface area contributed by atoms with Crippen molar-refractivity contribution in [2.24, 2.45) is 0 Å². The number of halogens is 4. The maximum atomic E-state index is 12.8. The van der Waals surface area contributed by atoms with E-state index >= 15 is 0 Å². The van der Waals surface area contributed by atoms with E-state index in [2.05, 4.69) is 5.32 Å². The normalized spacial score (nSPS) is 11.9. The summed E-state index contributed by atoms with van der Waals surface area (Å²) < 4.78 is 75.3. The molecule has 2 rings (SSSR count). The number of nitrogens with one attached hydrogen (secondary N) is 1. The molecule has 2 aromatic rings. The maximum Gasteiger partial charge on any atom is 0.416 e. The van der Waals surface area contributed by atoms with Crippen LogP contribution in [-0.4, -0.2) is 27.1 Å². The van der Waals surface area contributed by atoms with Crippen LogP contribution < -0.4 is 9.62 Å². The molecule has 2 aromatic carbocycles. The molecule has 1 N–H and O–H groups in total. The summed E-state index contributed by atoms with van der Waals surface area (Å²) in [6.45, 7) is -0.560. The molecule has 0 spiro atoms. The second-order valence-corrected chi connectivity index (χ2v) is 7.62. The first kappa shape index (κ1) is 20.7. The molecule has 5 nitrogen and oxygen atoms in total. The lowest BCUT2D eigenvalue weighted by atomic mass is 10.2. The van der Waals surface area contributed by atoms with Gasteiger partial charge in [-0.15, -0.1) is 0 Å². The minimum absolute atomic E-state index is 0.0454. The fourth-order valence-electron chi connectivity index (χ4n) is 2.21. The van der Waals surface area contributed by atoms with Crippen molar-refractivity contribution in [1.82, 2.24) is 5.32 Å². The van der Waals surface area contributed by atoms with Crippen LogP contribution >= 0.6 is 0 Å². The van der Waals surface area contributed by atoms with Gasteiger partial charge in [-0.2, -0.15) is 13.2 Å². The van der Waals surface area contributed by atoms with Gasteiger partial charge in [0.25, 0.3) is 0 Å². The minimum Gasteiger partial charge on any atom is -0.350 e. The molecule has 1 amide bonds. The van der Waals surface area contributed by atoms with E-state index in [0.29, 0.717) is 9.87 Å². The monoisotopic (exact) mass is 404 g/mol. The molecule has 0 unspecified atom stereocenters. The first-order valence-corrected chi connectivity index (χ1v) is 9.48. The molecule has 0 fully saturated rings. The third-order valence-electron chi connectivity index (χ3n) is 3.57. The van der Waals surface area contributed by atoms with Crippen molar-refractivity contribution in [2.75, 3.05) is 17.1 Å². The fourth-order valence-corrected chi connectivity index (χ4v) is 3.06. The summed E-state index contributed by atoms with van der Waals surface area (Å²) in [5, 5.41) is 2.48. The summed E-state index contributed by atoms with van der Waals surface area (Å²) in [7, 11) is -3.91. The Labute approximate surface area is 153 Å². The number of carbonyl (C=O) groups excluding carboxylic acids is 1. The highest BCUT2D eigenvalue weighted by atomic mass is 32.2. The summed E-state index contributed by atoms with van der Waals surface area (Å²) in [5.41, 5.74) is -0.395. The van der Waals surface area contributed by atoms with Crippen molar-refractivity contribution in [2.45, 2.75) is 12.7 Å². The Bertz CT molecular complexity index is 895. The maximum absolute atomic E-state index is 12.8. The predicted octanol–water partition coefficient (Wildman–Crippen LogP) is 2.93. The summed E-state index contributed by atoms with van der Waals surface area (Å²) in [6.07, 6.45) is -3.71. The Hall–Kier alpha value is -2.62. The average molecular weight is 404 g/mol. The zero-order valence-corrected chi connectivity index (χ0v) is 14.9. The number of sulfonamides is 1. The van der Waals surface area contributed by atoms with Gasteiger partial charge in [0.2, 0.25) is 15.9 Å². The van der Waals surface area contributed by atoms with E-state index < -0.39 is 40.0 Å². The lowest BCUT2D eigenvalue weighted by Crippen LogP contribution is -2.40. The van der Waals surface area contributed by atoms with Gasteiger partial charge < -0.3 is 5.32 Å². The average Bonchev–Trinajstić information content (AvgIpc) is 2.57. The largest absolute Gasteiger partial charge is 0.416 e. The summed E-state index contributed by atoms with van der Waals surface area (Å²) >= 11 is 0. The Morgan fingerprint density at radius 1 is 1.04 bits per heavy atom. The number of amides is 1. The van der Waals surface area contributed by atoms with E-state index in [4.69, 9.17) is 0 Å². The number of rotatable bonds is 6. The molecule has 0 aliphatic rings. The van der Waals surface area contributed by atoms with Gasteiger partial charge in [0.15, 0.2) is 0 Å². The van der Waals surface area contributed by atoms with Crippen LogP contribution in [0.2, 0.25) is 0 Å². The lowest BCUT2D eigenvalue weighted by molar-refractivity contribution is -0.137. The highest BCUT2D eigenvalue weighted by molar-refractivity contribution is 7.92. The Balaban J connectivity index is 2.10. The molecule has 27 heavy (non-hydrogen) atoms. The summed E-state index contributed by atoms with van der Waals surface area (Å²) in [4.78, 5) is 12.1. The third kappa shape index (κ3) is 5.95. The van der Waals surface area contributed by atoms with Crippen LogP contribution in [0.3, 0.4) is 0 Å². The van der Waals surface area contributed by atoms with Gasteiger partial charge >= 0.3 is 6.18 Å². The first-order valence-electron chi connectivity index (χ1n) is 7.63. The van der Waals surface area contributed by atoms with Crippen LogP contribution in [0.15, 0.2) is 48.5 Å². The Morgan fingerprint density at radius 2 is 1.59 bits per heavy atom. The minimum atomic E-state index is -4.55. The fraction of sp³-hybridized carbons (Fsp3) is 0.235. The summed E-state index contributed by atoms with van der Waals surface area (Å²) in [6, 6.07) is 8.79. The molecule has 0 heterocycles. The van der Waals surface area contributed by atoms with E-state index in [1.165, 1.54) is 24.3 Å². The van der Waals surface area contributed by atoms with E-state index in [0.717, 1.165) is 30.5 Å². The molecular formula is C17H16F4N2O3S. The number of benzene rings is 2. The second kappa shape index (κ2) is 7.95. The molecule has 0 saturated heterocycles. The first-order chi connectivity index (χ1) is 12.5. The summed E-state index contributed by atoms with van der Waals surface area (Å²) in [5.74, 6) is -1.10. The van der Waals surface area contributed by atoms with Gasteiger partial charge in [-0.3, -0.25) is 9.10 Å².